The summed E-state index contributed by atoms with van der Waals surface area (Å²) in [4.78, 5) is 21.3. The second kappa shape index (κ2) is 10.0. The Labute approximate surface area is 204 Å². The molecule has 7 nitrogen and oxygen atoms in total. The molecule has 2 aliphatic rings. The number of para-hydroxylation sites is 1. The number of methoxy groups -OCH3 is 1. The Kier molecular flexibility index (Phi) is 6.67. The number of rotatable bonds is 5. The topological polar surface area (TPSA) is 72.6 Å². The fraction of sp³-hybridized carbons (Fsp3) is 0.385. The van der Waals surface area contributed by atoms with Crippen LogP contribution in [0.25, 0.3) is 5.69 Å². The van der Waals surface area contributed by atoms with Gasteiger partial charge >= 0.3 is 0 Å². The van der Waals surface area contributed by atoms with E-state index in [-0.39, 0.29) is 12.3 Å². The van der Waals surface area contributed by atoms with Crippen molar-refractivity contribution in [1.29, 1.82) is 0 Å². The number of thioether (sulfide) groups is 1. The van der Waals surface area contributed by atoms with Gasteiger partial charge in [-0.1, -0.05) is 37.1 Å². The molecule has 1 fully saturated rings. The minimum absolute atomic E-state index is 0.103. The SMILES string of the molecule is COc1cccc2c1-n1c(nnc1CC(=O)N1CCCCCC1)CN=C2c1ccc(SC)cc1. The number of carbonyl (C=O) groups excluding carboxylic acids is 1. The fourth-order valence-electron chi connectivity index (χ4n) is 4.74. The van der Waals surface area contributed by atoms with E-state index in [1.807, 2.05) is 21.6 Å². The first-order valence-corrected chi connectivity index (χ1v) is 13.0. The van der Waals surface area contributed by atoms with E-state index in [9.17, 15) is 4.79 Å². The van der Waals surface area contributed by atoms with E-state index in [1.165, 1.54) is 17.7 Å². The molecule has 1 amide bonds. The summed E-state index contributed by atoms with van der Waals surface area (Å²) in [5.74, 6) is 2.15. The Morgan fingerprint density at radius 3 is 2.50 bits per heavy atom. The van der Waals surface area contributed by atoms with Gasteiger partial charge in [-0.3, -0.25) is 14.4 Å². The minimum Gasteiger partial charge on any atom is -0.495 e. The number of hydrogen-bond donors (Lipinski definition) is 0. The minimum atomic E-state index is 0.103. The molecular weight excluding hydrogens is 446 g/mol. The van der Waals surface area contributed by atoms with Crippen LogP contribution in [0.2, 0.25) is 0 Å². The molecule has 0 N–H and O–H groups in total. The van der Waals surface area contributed by atoms with Gasteiger partial charge in [0.25, 0.3) is 0 Å². The van der Waals surface area contributed by atoms with Crippen LogP contribution in [0.5, 0.6) is 5.75 Å². The molecule has 5 rings (SSSR count). The molecule has 0 bridgehead atoms. The maximum Gasteiger partial charge on any atom is 0.230 e. The van der Waals surface area contributed by atoms with Crippen LogP contribution in [0.1, 0.15) is 48.5 Å². The Bertz CT molecular complexity index is 1210. The molecule has 176 valence electrons. The number of fused-ring (bicyclic) bond motifs is 3. The van der Waals surface area contributed by atoms with Gasteiger partial charge in [0, 0.05) is 29.1 Å². The lowest BCUT2D eigenvalue weighted by molar-refractivity contribution is -0.130. The zero-order valence-electron chi connectivity index (χ0n) is 19.7. The Morgan fingerprint density at radius 2 is 1.79 bits per heavy atom. The quantitative estimate of drug-likeness (QED) is 0.515. The van der Waals surface area contributed by atoms with Gasteiger partial charge in [-0.2, -0.15) is 0 Å². The molecule has 3 heterocycles. The average molecular weight is 476 g/mol. The molecule has 0 spiro atoms. The molecule has 1 saturated heterocycles. The number of ether oxygens (including phenoxy) is 1. The van der Waals surface area contributed by atoms with Gasteiger partial charge in [0.05, 0.1) is 19.2 Å². The Balaban J connectivity index is 1.56. The van der Waals surface area contributed by atoms with Crippen molar-refractivity contribution >= 4 is 23.4 Å². The highest BCUT2D eigenvalue weighted by Crippen LogP contribution is 2.33. The number of hydrogen-bond acceptors (Lipinski definition) is 6. The number of carbonyl (C=O) groups is 1. The largest absolute Gasteiger partial charge is 0.495 e. The van der Waals surface area contributed by atoms with Crippen LogP contribution in [-0.2, 0) is 17.8 Å². The molecule has 8 heteroatoms. The summed E-state index contributed by atoms with van der Waals surface area (Å²) in [5.41, 5.74) is 3.71. The van der Waals surface area contributed by atoms with Crippen molar-refractivity contribution in [2.75, 3.05) is 26.5 Å². The molecule has 34 heavy (non-hydrogen) atoms. The van der Waals surface area contributed by atoms with Crippen molar-refractivity contribution in [1.82, 2.24) is 19.7 Å². The van der Waals surface area contributed by atoms with Crippen LogP contribution in [0.15, 0.2) is 52.4 Å². The summed E-state index contributed by atoms with van der Waals surface area (Å²) in [6.45, 7) is 2.01. The number of amides is 1. The second-order valence-electron chi connectivity index (χ2n) is 8.59. The maximum absolute atomic E-state index is 13.2. The van der Waals surface area contributed by atoms with E-state index in [0.717, 1.165) is 48.5 Å². The predicted octanol–water partition coefficient (Wildman–Crippen LogP) is 4.29. The number of benzene rings is 2. The Morgan fingerprint density at radius 1 is 1.03 bits per heavy atom. The third-order valence-electron chi connectivity index (χ3n) is 6.50. The van der Waals surface area contributed by atoms with Gasteiger partial charge in [0.2, 0.25) is 5.91 Å². The van der Waals surface area contributed by atoms with E-state index < -0.39 is 0 Å². The maximum atomic E-state index is 13.2. The van der Waals surface area contributed by atoms with Crippen molar-refractivity contribution < 1.29 is 9.53 Å². The first-order chi connectivity index (χ1) is 16.7. The van der Waals surface area contributed by atoms with Gasteiger partial charge < -0.3 is 9.64 Å². The van der Waals surface area contributed by atoms with Crippen LogP contribution in [0.4, 0.5) is 0 Å². The van der Waals surface area contributed by atoms with Crippen molar-refractivity contribution in [3.8, 4) is 11.4 Å². The summed E-state index contributed by atoms with van der Waals surface area (Å²) in [6.07, 6.45) is 6.78. The standard InChI is InChI=1S/C26H29N5O2S/c1-33-21-9-7-8-20-25(18-10-12-19(34-2)13-11-18)27-17-23-29-28-22(31(23)26(20)21)16-24(32)30-14-5-3-4-6-15-30/h7-13H,3-6,14-17H2,1-2H3. The highest BCUT2D eigenvalue weighted by atomic mass is 32.2. The van der Waals surface area contributed by atoms with Crippen LogP contribution in [0.3, 0.4) is 0 Å². The normalized spacial score (nSPS) is 15.6. The number of nitrogens with zero attached hydrogens (tertiary/aromatic N) is 5. The predicted molar refractivity (Wildman–Crippen MR) is 134 cm³/mol. The zero-order valence-corrected chi connectivity index (χ0v) is 20.5. The summed E-state index contributed by atoms with van der Waals surface area (Å²) < 4.78 is 7.76. The molecular formula is C26H29N5O2S. The van der Waals surface area contributed by atoms with E-state index >= 15 is 0 Å². The first-order valence-electron chi connectivity index (χ1n) is 11.8. The van der Waals surface area contributed by atoms with Gasteiger partial charge in [0.1, 0.15) is 23.8 Å². The molecule has 2 aliphatic heterocycles. The molecule has 0 aliphatic carbocycles. The lowest BCUT2D eigenvalue weighted by Crippen LogP contribution is -2.33. The van der Waals surface area contributed by atoms with Crippen molar-refractivity contribution in [2.45, 2.75) is 43.5 Å². The molecule has 1 aromatic heterocycles. The van der Waals surface area contributed by atoms with Gasteiger partial charge in [-0.15, -0.1) is 22.0 Å². The highest BCUT2D eigenvalue weighted by Gasteiger charge is 2.27. The molecule has 0 unspecified atom stereocenters. The van der Waals surface area contributed by atoms with Crippen molar-refractivity contribution in [2.24, 2.45) is 4.99 Å². The average Bonchev–Trinajstić information content (AvgIpc) is 3.04. The summed E-state index contributed by atoms with van der Waals surface area (Å²) in [6, 6.07) is 14.4. The van der Waals surface area contributed by atoms with Crippen LogP contribution < -0.4 is 4.74 Å². The van der Waals surface area contributed by atoms with Crippen molar-refractivity contribution in [3.63, 3.8) is 0 Å². The summed E-state index contributed by atoms with van der Waals surface area (Å²) >= 11 is 1.71. The summed E-state index contributed by atoms with van der Waals surface area (Å²) in [7, 11) is 1.66. The monoisotopic (exact) mass is 475 g/mol. The smallest absolute Gasteiger partial charge is 0.230 e. The molecule has 2 aromatic carbocycles. The van der Waals surface area contributed by atoms with E-state index in [0.29, 0.717) is 23.9 Å². The lowest BCUT2D eigenvalue weighted by Gasteiger charge is -2.21. The number of aromatic nitrogens is 3. The van der Waals surface area contributed by atoms with E-state index in [4.69, 9.17) is 9.73 Å². The van der Waals surface area contributed by atoms with Crippen LogP contribution >= 0.6 is 11.8 Å². The number of aliphatic imine (C=N–C) groups is 1. The van der Waals surface area contributed by atoms with E-state index in [1.54, 1.807) is 18.9 Å². The first kappa shape index (κ1) is 22.7. The molecule has 0 saturated carbocycles. The molecule has 0 radical (unpaired) electrons. The molecule has 0 atom stereocenters. The van der Waals surface area contributed by atoms with Gasteiger partial charge in [-0.05, 0) is 37.3 Å². The van der Waals surface area contributed by atoms with E-state index in [2.05, 4.69) is 46.8 Å². The summed E-state index contributed by atoms with van der Waals surface area (Å²) in [5, 5.41) is 8.87. The van der Waals surface area contributed by atoms with Crippen molar-refractivity contribution in [3.05, 3.63) is 65.2 Å². The van der Waals surface area contributed by atoms with Crippen LogP contribution in [0, 0.1) is 0 Å². The third kappa shape index (κ3) is 4.34. The fourth-order valence-corrected chi connectivity index (χ4v) is 5.14. The lowest BCUT2D eigenvalue weighted by atomic mass is 10.00. The van der Waals surface area contributed by atoms with Gasteiger partial charge in [-0.25, -0.2) is 0 Å². The van der Waals surface area contributed by atoms with Crippen LogP contribution in [-0.4, -0.2) is 57.7 Å². The Hall–Kier alpha value is -3.13. The molecule has 3 aromatic rings. The second-order valence-corrected chi connectivity index (χ2v) is 9.47. The van der Waals surface area contributed by atoms with Gasteiger partial charge in [0.15, 0.2) is 5.82 Å². The highest BCUT2D eigenvalue weighted by molar-refractivity contribution is 7.98. The number of likely N-dealkylation sites (tertiary alicyclic amines) is 1. The third-order valence-corrected chi connectivity index (χ3v) is 7.25. The zero-order chi connectivity index (χ0) is 23.5.